The van der Waals surface area contributed by atoms with E-state index in [1.807, 2.05) is 43.7 Å². The molecule has 0 saturated heterocycles. The largest absolute Gasteiger partial charge is 0.497 e. The molecule has 1 heterocycles. The number of allylic oxidation sites excluding steroid dienone is 1. The van der Waals surface area contributed by atoms with Crippen LogP contribution in [0.2, 0.25) is 0 Å². The SMILES string of the molecule is COc1ccc2c(c1)c(C(=O)O)c(C=C(C)C)n2C. The molecule has 1 aromatic heterocycles. The van der Waals surface area contributed by atoms with Crippen LogP contribution in [0.25, 0.3) is 17.0 Å². The fourth-order valence-corrected chi connectivity index (χ4v) is 2.24. The Hall–Kier alpha value is -2.23. The van der Waals surface area contributed by atoms with Gasteiger partial charge in [0.05, 0.1) is 18.4 Å². The fraction of sp³-hybridized carbons (Fsp3) is 0.267. The number of hydrogen-bond donors (Lipinski definition) is 1. The molecule has 2 aromatic rings. The first-order chi connectivity index (χ1) is 8.95. The zero-order valence-corrected chi connectivity index (χ0v) is 11.5. The zero-order chi connectivity index (χ0) is 14.2. The van der Waals surface area contributed by atoms with Crippen LogP contribution in [0.5, 0.6) is 5.75 Å². The summed E-state index contributed by atoms with van der Waals surface area (Å²) >= 11 is 0. The van der Waals surface area contributed by atoms with E-state index in [1.54, 1.807) is 13.2 Å². The summed E-state index contributed by atoms with van der Waals surface area (Å²) in [6.45, 7) is 3.90. The number of hydrogen-bond acceptors (Lipinski definition) is 2. The lowest BCUT2D eigenvalue weighted by molar-refractivity contribution is 0.0698. The Morgan fingerprint density at radius 2 is 2.05 bits per heavy atom. The predicted molar refractivity (Wildman–Crippen MR) is 75.8 cm³/mol. The Kier molecular flexibility index (Phi) is 3.34. The molecule has 19 heavy (non-hydrogen) atoms. The maximum absolute atomic E-state index is 11.5. The van der Waals surface area contributed by atoms with Gasteiger partial charge in [0.2, 0.25) is 0 Å². The number of fused-ring (bicyclic) bond motifs is 1. The average Bonchev–Trinajstić information content (AvgIpc) is 2.61. The molecule has 0 aliphatic carbocycles. The molecular formula is C15H17NO3. The summed E-state index contributed by atoms with van der Waals surface area (Å²) in [6.07, 6.45) is 1.88. The van der Waals surface area contributed by atoms with Crippen LogP contribution >= 0.6 is 0 Å². The molecule has 0 aliphatic rings. The van der Waals surface area contributed by atoms with E-state index in [2.05, 4.69) is 0 Å². The number of methoxy groups -OCH3 is 1. The summed E-state index contributed by atoms with van der Waals surface area (Å²) in [5, 5.41) is 10.2. The molecule has 100 valence electrons. The van der Waals surface area contributed by atoms with Crippen LogP contribution in [-0.4, -0.2) is 22.8 Å². The number of carboxylic acids is 1. The summed E-state index contributed by atoms with van der Waals surface area (Å²) in [5.41, 5.74) is 2.96. The second-order valence-electron chi connectivity index (χ2n) is 4.73. The highest BCUT2D eigenvalue weighted by Crippen LogP contribution is 2.30. The molecule has 1 aromatic carbocycles. The van der Waals surface area contributed by atoms with Crippen LogP contribution in [0.1, 0.15) is 29.9 Å². The first-order valence-corrected chi connectivity index (χ1v) is 6.00. The predicted octanol–water partition coefficient (Wildman–Crippen LogP) is 3.31. The minimum atomic E-state index is -0.925. The molecule has 0 radical (unpaired) electrons. The van der Waals surface area contributed by atoms with Gasteiger partial charge in [-0.25, -0.2) is 4.79 Å². The molecule has 0 aliphatic heterocycles. The first kappa shape index (κ1) is 13.2. The highest BCUT2D eigenvalue weighted by atomic mass is 16.5. The third-order valence-electron chi connectivity index (χ3n) is 3.09. The van der Waals surface area contributed by atoms with Crippen molar-refractivity contribution in [2.45, 2.75) is 13.8 Å². The lowest BCUT2D eigenvalue weighted by atomic mass is 10.1. The Balaban J connectivity index is 2.88. The number of benzene rings is 1. The van der Waals surface area contributed by atoms with E-state index in [1.165, 1.54) is 0 Å². The van der Waals surface area contributed by atoms with Crippen molar-refractivity contribution < 1.29 is 14.6 Å². The molecule has 2 rings (SSSR count). The van der Waals surface area contributed by atoms with Gasteiger partial charge in [-0.05, 0) is 38.1 Å². The summed E-state index contributed by atoms with van der Waals surface area (Å²) in [5.74, 6) is -0.268. The third kappa shape index (κ3) is 2.21. The average molecular weight is 259 g/mol. The van der Waals surface area contributed by atoms with Gasteiger partial charge in [-0.15, -0.1) is 0 Å². The van der Waals surface area contributed by atoms with Gasteiger partial charge < -0.3 is 14.4 Å². The van der Waals surface area contributed by atoms with Gasteiger partial charge in [0.15, 0.2) is 0 Å². The van der Waals surface area contributed by atoms with Crippen LogP contribution in [0.4, 0.5) is 0 Å². The van der Waals surface area contributed by atoms with Gasteiger partial charge in [0.1, 0.15) is 5.75 Å². The second kappa shape index (κ2) is 4.80. The number of aryl methyl sites for hydroxylation is 1. The summed E-state index contributed by atoms with van der Waals surface area (Å²) < 4.78 is 7.06. The van der Waals surface area contributed by atoms with Crippen LogP contribution in [0.3, 0.4) is 0 Å². The number of ether oxygens (including phenoxy) is 1. The Morgan fingerprint density at radius 1 is 1.37 bits per heavy atom. The van der Waals surface area contributed by atoms with Crippen molar-refractivity contribution in [3.63, 3.8) is 0 Å². The molecule has 0 saturated carbocycles. The van der Waals surface area contributed by atoms with E-state index in [-0.39, 0.29) is 0 Å². The van der Waals surface area contributed by atoms with Gasteiger partial charge >= 0.3 is 5.97 Å². The molecule has 0 atom stereocenters. The molecule has 1 N–H and O–H groups in total. The van der Waals surface area contributed by atoms with Crippen LogP contribution in [-0.2, 0) is 7.05 Å². The highest BCUT2D eigenvalue weighted by Gasteiger charge is 2.19. The Labute approximate surface area is 111 Å². The van der Waals surface area contributed by atoms with Crippen molar-refractivity contribution in [3.8, 4) is 5.75 Å². The molecule has 4 nitrogen and oxygen atoms in total. The number of carbonyl (C=O) groups is 1. The standard InChI is InChI=1S/C15H17NO3/c1-9(2)7-13-14(15(17)18)11-8-10(19-4)5-6-12(11)16(13)3/h5-8H,1-4H3,(H,17,18). The minimum absolute atomic E-state index is 0.317. The van der Waals surface area contributed by atoms with Crippen molar-refractivity contribution in [1.82, 2.24) is 4.57 Å². The third-order valence-corrected chi connectivity index (χ3v) is 3.09. The molecule has 0 spiro atoms. The number of rotatable bonds is 3. The van der Waals surface area contributed by atoms with Gasteiger partial charge in [-0.3, -0.25) is 0 Å². The van der Waals surface area contributed by atoms with E-state index in [0.717, 1.165) is 11.1 Å². The van der Waals surface area contributed by atoms with Gasteiger partial charge in [0, 0.05) is 18.0 Å². The topological polar surface area (TPSA) is 51.5 Å². The van der Waals surface area contributed by atoms with E-state index in [4.69, 9.17) is 4.74 Å². The van der Waals surface area contributed by atoms with E-state index < -0.39 is 5.97 Å². The summed E-state index contributed by atoms with van der Waals surface area (Å²) in [6, 6.07) is 5.48. The van der Waals surface area contributed by atoms with Gasteiger partial charge in [0.25, 0.3) is 0 Å². The maximum Gasteiger partial charge on any atom is 0.338 e. The van der Waals surface area contributed by atoms with Crippen molar-refractivity contribution >= 4 is 22.9 Å². The van der Waals surface area contributed by atoms with Gasteiger partial charge in [-0.2, -0.15) is 0 Å². The van der Waals surface area contributed by atoms with Crippen molar-refractivity contribution in [2.24, 2.45) is 7.05 Å². The monoisotopic (exact) mass is 259 g/mol. The van der Waals surface area contributed by atoms with Crippen LogP contribution < -0.4 is 4.74 Å². The molecule has 0 amide bonds. The van der Waals surface area contributed by atoms with Crippen molar-refractivity contribution in [1.29, 1.82) is 0 Å². The quantitative estimate of drug-likeness (QED) is 0.920. The molecule has 0 unspecified atom stereocenters. The maximum atomic E-state index is 11.5. The summed E-state index contributed by atoms with van der Waals surface area (Å²) in [7, 11) is 3.44. The van der Waals surface area contributed by atoms with Crippen molar-refractivity contribution in [2.75, 3.05) is 7.11 Å². The smallest absolute Gasteiger partial charge is 0.338 e. The molecular weight excluding hydrogens is 242 g/mol. The number of nitrogens with zero attached hydrogens (tertiary/aromatic N) is 1. The molecule has 0 bridgehead atoms. The van der Waals surface area contributed by atoms with Gasteiger partial charge in [-0.1, -0.05) is 5.57 Å². The molecule has 0 fully saturated rings. The second-order valence-corrected chi connectivity index (χ2v) is 4.73. The van der Waals surface area contributed by atoms with Crippen molar-refractivity contribution in [3.05, 3.63) is 35.0 Å². The Bertz CT molecular complexity index is 676. The zero-order valence-electron chi connectivity index (χ0n) is 11.5. The lowest BCUT2D eigenvalue weighted by Gasteiger charge is -2.01. The summed E-state index contributed by atoms with van der Waals surface area (Å²) in [4.78, 5) is 11.5. The fourth-order valence-electron chi connectivity index (χ4n) is 2.24. The first-order valence-electron chi connectivity index (χ1n) is 6.00. The highest BCUT2D eigenvalue weighted by molar-refractivity contribution is 6.07. The van der Waals surface area contributed by atoms with Crippen LogP contribution in [0, 0.1) is 0 Å². The number of aromatic carboxylic acids is 1. The van der Waals surface area contributed by atoms with E-state index >= 15 is 0 Å². The molecule has 4 heteroatoms. The Morgan fingerprint density at radius 3 is 2.58 bits per heavy atom. The minimum Gasteiger partial charge on any atom is -0.497 e. The number of carboxylic acid groups (broad SMARTS) is 1. The van der Waals surface area contributed by atoms with E-state index in [9.17, 15) is 9.90 Å². The van der Waals surface area contributed by atoms with Crippen LogP contribution in [0.15, 0.2) is 23.8 Å². The normalized spacial score (nSPS) is 10.5. The van der Waals surface area contributed by atoms with E-state index in [0.29, 0.717) is 22.4 Å². The number of aromatic nitrogens is 1. The lowest BCUT2D eigenvalue weighted by Crippen LogP contribution is -2.00.